The zero-order valence-electron chi connectivity index (χ0n) is 10.6. The van der Waals surface area contributed by atoms with Crippen LogP contribution in [0.5, 0.6) is 0 Å². The Kier molecular flexibility index (Phi) is 4.01. The van der Waals surface area contributed by atoms with Crippen LogP contribution in [0.1, 0.15) is 20.3 Å². The molecule has 2 fully saturated rings. The van der Waals surface area contributed by atoms with Gasteiger partial charge in [-0.15, -0.1) is 0 Å². The zero-order chi connectivity index (χ0) is 12.4. The fourth-order valence-corrected chi connectivity index (χ4v) is 2.51. The average Bonchev–Trinajstić information content (AvgIpc) is 2.33. The number of likely N-dealkylation sites (tertiary alicyclic amines) is 1. The van der Waals surface area contributed by atoms with Crippen molar-refractivity contribution in [3.8, 4) is 0 Å². The summed E-state index contributed by atoms with van der Waals surface area (Å²) in [5, 5.41) is 16.2. The number of piperidine rings is 1. The Bertz CT molecular complexity index is 277. The molecule has 4 unspecified atom stereocenters. The Morgan fingerprint density at radius 3 is 2.65 bits per heavy atom. The smallest absolute Gasteiger partial charge is 0.241 e. The Hall–Kier alpha value is -0.650. The fraction of sp³-hybridized carbons (Fsp3) is 0.917. The van der Waals surface area contributed by atoms with Crippen molar-refractivity contribution in [1.82, 2.24) is 15.5 Å². The van der Waals surface area contributed by atoms with Gasteiger partial charge in [0.15, 0.2) is 0 Å². The van der Waals surface area contributed by atoms with Crippen LogP contribution in [-0.4, -0.2) is 60.3 Å². The van der Waals surface area contributed by atoms with E-state index in [0.717, 1.165) is 6.54 Å². The van der Waals surface area contributed by atoms with Crippen molar-refractivity contribution in [3.05, 3.63) is 0 Å². The van der Waals surface area contributed by atoms with Gasteiger partial charge in [0.1, 0.15) is 0 Å². The first-order valence-corrected chi connectivity index (χ1v) is 6.51. The summed E-state index contributed by atoms with van der Waals surface area (Å²) < 4.78 is 0. The lowest BCUT2D eigenvalue weighted by atomic mass is 9.96. The molecule has 0 aromatic carbocycles. The van der Waals surface area contributed by atoms with Gasteiger partial charge in [-0.25, -0.2) is 0 Å². The van der Waals surface area contributed by atoms with Gasteiger partial charge in [-0.2, -0.15) is 0 Å². The molecule has 2 rings (SSSR count). The third-order valence-electron chi connectivity index (χ3n) is 3.81. The minimum absolute atomic E-state index is 0.103. The minimum atomic E-state index is -0.253. The Morgan fingerprint density at radius 1 is 1.29 bits per heavy atom. The van der Waals surface area contributed by atoms with Crippen molar-refractivity contribution in [3.63, 3.8) is 0 Å². The Balaban J connectivity index is 1.87. The molecule has 0 saturated carbocycles. The second-order valence-corrected chi connectivity index (χ2v) is 5.39. The van der Waals surface area contributed by atoms with E-state index in [4.69, 9.17) is 0 Å². The summed E-state index contributed by atoms with van der Waals surface area (Å²) in [6.45, 7) is 6.99. The van der Waals surface area contributed by atoms with E-state index in [1.807, 2.05) is 11.8 Å². The van der Waals surface area contributed by atoms with Crippen LogP contribution in [-0.2, 0) is 4.79 Å². The molecule has 2 aliphatic heterocycles. The van der Waals surface area contributed by atoms with Gasteiger partial charge in [-0.3, -0.25) is 4.79 Å². The van der Waals surface area contributed by atoms with Crippen molar-refractivity contribution < 1.29 is 9.90 Å². The quantitative estimate of drug-likeness (QED) is 0.560. The van der Waals surface area contributed by atoms with Crippen LogP contribution < -0.4 is 10.6 Å². The predicted molar refractivity (Wildman–Crippen MR) is 65.6 cm³/mol. The first-order chi connectivity index (χ1) is 8.08. The molecular formula is C12H23N3O2. The van der Waals surface area contributed by atoms with Crippen molar-refractivity contribution >= 4 is 5.91 Å². The van der Waals surface area contributed by atoms with E-state index >= 15 is 0 Å². The van der Waals surface area contributed by atoms with Gasteiger partial charge in [0.2, 0.25) is 5.91 Å². The van der Waals surface area contributed by atoms with Crippen LogP contribution >= 0.6 is 0 Å². The normalized spacial score (nSPS) is 39.1. The van der Waals surface area contributed by atoms with Crippen LogP contribution in [0.15, 0.2) is 0 Å². The molecule has 2 heterocycles. The summed E-state index contributed by atoms with van der Waals surface area (Å²) in [6.07, 6.45) is 0.445. The largest absolute Gasteiger partial charge is 0.393 e. The molecule has 2 saturated heterocycles. The van der Waals surface area contributed by atoms with E-state index in [1.54, 1.807) is 0 Å². The highest BCUT2D eigenvalue weighted by molar-refractivity contribution is 5.82. The summed E-state index contributed by atoms with van der Waals surface area (Å²) in [4.78, 5) is 14.1. The molecule has 0 aromatic heterocycles. The molecule has 0 spiro atoms. The molecule has 0 aromatic rings. The lowest BCUT2D eigenvalue weighted by Gasteiger charge is -2.38. The Labute approximate surface area is 103 Å². The standard InChI is InChI=1S/C12H23N3O2/c1-8-7-15(4-3-11(8)16)12(17)10-6-13-9(2)5-14-10/h8-11,13-14,16H,3-7H2,1-2H3. The molecule has 4 atom stereocenters. The third kappa shape index (κ3) is 2.97. The van der Waals surface area contributed by atoms with E-state index in [0.29, 0.717) is 32.1 Å². The number of hydrogen-bond donors (Lipinski definition) is 3. The topological polar surface area (TPSA) is 64.6 Å². The molecular weight excluding hydrogens is 218 g/mol. The van der Waals surface area contributed by atoms with Crippen molar-refractivity contribution in [2.24, 2.45) is 5.92 Å². The monoisotopic (exact) mass is 241 g/mol. The number of aliphatic hydroxyl groups excluding tert-OH is 1. The number of amides is 1. The van der Waals surface area contributed by atoms with Crippen molar-refractivity contribution in [2.75, 3.05) is 26.2 Å². The number of nitrogens with zero attached hydrogens (tertiary/aromatic N) is 1. The molecule has 5 nitrogen and oxygen atoms in total. The molecule has 0 aliphatic carbocycles. The molecule has 5 heteroatoms. The number of rotatable bonds is 1. The molecule has 0 radical (unpaired) electrons. The van der Waals surface area contributed by atoms with Crippen LogP contribution in [0.25, 0.3) is 0 Å². The van der Waals surface area contributed by atoms with Gasteiger partial charge < -0.3 is 20.6 Å². The number of piperazine rings is 1. The molecule has 98 valence electrons. The first-order valence-electron chi connectivity index (χ1n) is 6.51. The molecule has 3 N–H and O–H groups in total. The van der Waals surface area contributed by atoms with Crippen LogP contribution in [0.3, 0.4) is 0 Å². The van der Waals surface area contributed by atoms with Gasteiger partial charge in [0, 0.05) is 32.2 Å². The van der Waals surface area contributed by atoms with Crippen molar-refractivity contribution in [1.29, 1.82) is 0 Å². The van der Waals surface area contributed by atoms with E-state index in [9.17, 15) is 9.90 Å². The molecule has 17 heavy (non-hydrogen) atoms. The third-order valence-corrected chi connectivity index (χ3v) is 3.81. The summed E-state index contributed by atoms with van der Waals surface area (Å²) >= 11 is 0. The first kappa shape index (κ1) is 12.8. The second kappa shape index (κ2) is 5.33. The van der Waals surface area contributed by atoms with Gasteiger partial charge in [-0.05, 0) is 19.3 Å². The maximum absolute atomic E-state index is 12.3. The number of hydrogen-bond acceptors (Lipinski definition) is 4. The van der Waals surface area contributed by atoms with Gasteiger partial charge in [0.25, 0.3) is 0 Å². The number of carbonyl (C=O) groups is 1. The number of carbonyl (C=O) groups excluding carboxylic acids is 1. The Morgan fingerprint density at radius 2 is 2.06 bits per heavy atom. The molecule has 0 bridgehead atoms. The highest BCUT2D eigenvalue weighted by atomic mass is 16.3. The summed E-state index contributed by atoms with van der Waals surface area (Å²) in [7, 11) is 0. The fourth-order valence-electron chi connectivity index (χ4n) is 2.51. The van der Waals surface area contributed by atoms with Gasteiger partial charge in [0.05, 0.1) is 12.1 Å². The van der Waals surface area contributed by atoms with Crippen LogP contribution in [0, 0.1) is 5.92 Å². The van der Waals surface area contributed by atoms with E-state index < -0.39 is 0 Å². The SMILES string of the molecule is CC1CNC(C(=O)N2CCC(O)C(C)C2)CN1. The number of aliphatic hydroxyl groups is 1. The zero-order valence-corrected chi connectivity index (χ0v) is 10.6. The van der Waals surface area contributed by atoms with Crippen LogP contribution in [0.2, 0.25) is 0 Å². The lowest BCUT2D eigenvalue weighted by molar-refractivity contribution is -0.137. The maximum atomic E-state index is 12.3. The van der Waals surface area contributed by atoms with Gasteiger partial charge >= 0.3 is 0 Å². The van der Waals surface area contributed by atoms with Crippen molar-refractivity contribution in [2.45, 2.75) is 38.5 Å². The van der Waals surface area contributed by atoms with E-state index in [2.05, 4.69) is 17.6 Å². The maximum Gasteiger partial charge on any atom is 0.241 e. The minimum Gasteiger partial charge on any atom is -0.393 e. The molecule has 2 aliphatic rings. The molecule has 1 amide bonds. The van der Waals surface area contributed by atoms with Crippen LogP contribution in [0.4, 0.5) is 0 Å². The summed E-state index contributed by atoms with van der Waals surface area (Å²) in [5.41, 5.74) is 0. The highest BCUT2D eigenvalue weighted by Crippen LogP contribution is 2.17. The average molecular weight is 241 g/mol. The predicted octanol–water partition coefficient (Wildman–Crippen LogP) is -0.834. The second-order valence-electron chi connectivity index (χ2n) is 5.39. The summed E-state index contributed by atoms with van der Waals surface area (Å²) in [6, 6.07) is 0.329. The van der Waals surface area contributed by atoms with E-state index in [-0.39, 0.29) is 24.0 Å². The van der Waals surface area contributed by atoms with Gasteiger partial charge in [-0.1, -0.05) is 6.92 Å². The summed E-state index contributed by atoms with van der Waals surface area (Å²) in [5.74, 6) is 0.353. The lowest BCUT2D eigenvalue weighted by Crippen LogP contribution is -2.61. The van der Waals surface area contributed by atoms with E-state index in [1.165, 1.54) is 0 Å². The number of nitrogens with one attached hydrogen (secondary N) is 2. The highest BCUT2D eigenvalue weighted by Gasteiger charge is 2.32.